The van der Waals surface area contributed by atoms with E-state index in [0.29, 0.717) is 15.6 Å². The van der Waals surface area contributed by atoms with Crippen LogP contribution in [0.1, 0.15) is 11.7 Å². The molecular formula is C9H10Cl2O2. The average molecular weight is 221 g/mol. The Balaban J connectivity index is 2.88. The molecule has 0 amide bonds. The summed E-state index contributed by atoms with van der Waals surface area (Å²) in [5.41, 5.74) is 0.632. The minimum Gasteiger partial charge on any atom is -0.386 e. The number of hydrogen-bond donors (Lipinski definition) is 1. The van der Waals surface area contributed by atoms with Crippen molar-refractivity contribution in [2.75, 3.05) is 13.7 Å². The molecule has 1 N–H and O–H groups in total. The molecule has 0 unspecified atom stereocenters. The summed E-state index contributed by atoms with van der Waals surface area (Å²) in [5.74, 6) is 0. The van der Waals surface area contributed by atoms with E-state index in [1.54, 1.807) is 18.2 Å². The molecule has 1 aromatic rings. The lowest BCUT2D eigenvalue weighted by atomic mass is 10.1. The van der Waals surface area contributed by atoms with Crippen LogP contribution in [0.4, 0.5) is 0 Å². The second-order valence-electron chi connectivity index (χ2n) is 2.64. The Kier molecular flexibility index (Phi) is 4.00. The van der Waals surface area contributed by atoms with Crippen LogP contribution in [-0.4, -0.2) is 18.8 Å². The number of benzene rings is 1. The number of aliphatic hydroxyl groups is 1. The van der Waals surface area contributed by atoms with Crippen LogP contribution in [0.5, 0.6) is 0 Å². The van der Waals surface area contributed by atoms with E-state index < -0.39 is 6.10 Å². The number of hydrogen-bond acceptors (Lipinski definition) is 2. The van der Waals surface area contributed by atoms with Crippen LogP contribution in [0.15, 0.2) is 18.2 Å². The summed E-state index contributed by atoms with van der Waals surface area (Å²) in [6.07, 6.45) is -0.699. The van der Waals surface area contributed by atoms with E-state index in [1.165, 1.54) is 7.11 Å². The highest BCUT2D eigenvalue weighted by molar-refractivity contribution is 6.35. The van der Waals surface area contributed by atoms with Gasteiger partial charge in [-0.2, -0.15) is 0 Å². The maximum atomic E-state index is 9.54. The second-order valence-corrected chi connectivity index (χ2v) is 3.48. The van der Waals surface area contributed by atoms with Crippen molar-refractivity contribution >= 4 is 23.2 Å². The van der Waals surface area contributed by atoms with Gasteiger partial charge in [0.15, 0.2) is 0 Å². The first kappa shape index (κ1) is 10.8. The van der Waals surface area contributed by atoms with Crippen LogP contribution >= 0.6 is 23.2 Å². The highest BCUT2D eigenvalue weighted by Crippen LogP contribution is 2.26. The van der Waals surface area contributed by atoms with Crippen LogP contribution in [-0.2, 0) is 4.74 Å². The van der Waals surface area contributed by atoms with Crippen LogP contribution in [0.2, 0.25) is 10.0 Å². The van der Waals surface area contributed by atoms with Crippen molar-refractivity contribution in [3.05, 3.63) is 33.8 Å². The zero-order valence-corrected chi connectivity index (χ0v) is 8.64. The Labute approximate surface area is 87.0 Å². The largest absolute Gasteiger partial charge is 0.386 e. The normalized spacial score (nSPS) is 12.9. The van der Waals surface area contributed by atoms with Crippen molar-refractivity contribution in [3.8, 4) is 0 Å². The van der Waals surface area contributed by atoms with E-state index in [4.69, 9.17) is 27.9 Å². The van der Waals surface area contributed by atoms with Gasteiger partial charge in [0.2, 0.25) is 0 Å². The molecule has 2 nitrogen and oxygen atoms in total. The van der Waals surface area contributed by atoms with Crippen molar-refractivity contribution < 1.29 is 9.84 Å². The van der Waals surface area contributed by atoms with Gasteiger partial charge in [-0.1, -0.05) is 29.3 Å². The van der Waals surface area contributed by atoms with Gasteiger partial charge >= 0.3 is 0 Å². The third-order valence-electron chi connectivity index (χ3n) is 1.65. The Hall–Kier alpha value is -0.280. The summed E-state index contributed by atoms with van der Waals surface area (Å²) in [5, 5.41) is 10.5. The molecule has 0 saturated heterocycles. The van der Waals surface area contributed by atoms with Crippen molar-refractivity contribution in [1.29, 1.82) is 0 Å². The molecule has 4 heteroatoms. The van der Waals surface area contributed by atoms with E-state index >= 15 is 0 Å². The third-order valence-corrected chi connectivity index (χ3v) is 2.21. The summed E-state index contributed by atoms with van der Waals surface area (Å²) >= 11 is 11.6. The average Bonchev–Trinajstić information content (AvgIpc) is 2.04. The molecule has 0 fully saturated rings. The molecule has 0 aliphatic carbocycles. The summed E-state index contributed by atoms with van der Waals surface area (Å²) in [6.45, 7) is 0.224. The molecule has 0 aliphatic heterocycles. The molecule has 0 bridgehead atoms. The first-order valence-electron chi connectivity index (χ1n) is 3.77. The highest BCUT2D eigenvalue weighted by Gasteiger charge is 2.10. The SMILES string of the molecule is COC[C@@H](O)c1ccc(Cl)cc1Cl. The second kappa shape index (κ2) is 4.82. The number of methoxy groups -OCH3 is 1. The summed E-state index contributed by atoms with van der Waals surface area (Å²) < 4.78 is 4.80. The first-order chi connectivity index (χ1) is 6.15. The smallest absolute Gasteiger partial charge is 0.104 e. The van der Waals surface area contributed by atoms with E-state index in [1.807, 2.05) is 0 Å². The van der Waals surface area contributed by atoms with E-state index in [2.05, 4.69) is 0 Å². The molecule has 1 aromatic carbocycles. The molecule has 0 saturated carbocycles. The van der Waals surface area contributed by atoms with E-state index in [0.717, 1.165) is 0 Å². The van der Waals surface area contributed by atoms with Crippen molar-refractivity contribution in [3.63, 3.8) is 0 Å². The Bertz CT molecular complexity index is 289. The lowest BCUT2D eigenvalue weighted by Crippen LogP contribution is -2.05. The third kappa shape index (κ3) is 2.85. The van der Waals surface area contributed by atoms with Gasteiger partial charge in [-0.25, -0.2) is 0 Å². The predicted octanol–water partition coefficient (Wildman–Crippen LogP) is 2.67. The molecular weight excluding hydrogens is 211 g/mol. The van der Waals surface area contributed by atoms with Gasteiger partial charge in [0.1, 0.15) is 6.10 Å². The zero-order chi connectivity index (χ0) is 9.84. The van der Waals surface area contributed by atoms with Crippen LogP contribution in [0, 0.1) is 0 Å². The quantitative estimate of drug-likeness (QED) is 0.850. The van der Waals surface area contributed by atoms with Gasteiger partial charge in [0.25, 0.3) is 0 Å². The molecule has 72 valence electrons. The van der Waals surface area contributed by atoms with E-state index in [-0.39, 0.29) is 6.61 Å². The maximum Gasteiger partial charge on any atom is 0.104 e. The lowest BCUT2D eigenvalue weighted by molar-refractivity contribution is 0.0644. The number of rotatable bonds is 3. The van der Waals surface area contributed by atoms with Gasteiger partial charge in [0, 0.05) is 22.7 Å². The monoisotopic (exact) mass is 220 g/mol. The Morgan fingerprint density at radius 1 is 1.46 bits per heavy atom. The molecule has 13 heavy (non-hydrogen) atoms. The van der Waals surface area contributed by atoms with Gasteiger partial charge in [-0.05, 0) is 12.1 Å². The summed E-state index contributed by atoms with van der Waals surface area (Å²) in [6, 6.07) is 4.97. The highest BCUT2D eigenvalue weighted by atomic mass is 35.5. The van der Waals surface area contributed by atoms with Crippen molar-refractivity contribution in [2.45, 2.75) is 6.10 Å². The first-order valence-corrected chi connectivity index (χ1v) is 4.52. The zero-order valence-electron chi connectivity index (χ0n) is 7.13. The van der Waals surface area contributed by atoms with Crippen LogP contribution < -0.4 is 0 Å². The van der Waals surface area contributed by atoms with Crippen molar-refractivity contribution in [1.82, 2.24) is 0 Å². The standard InChI is InChI=1S/C9H10Cl2O2/c1-13-5-9(12)7-3-2-6(10)4-8(7)11/h2-4,9,12H,5H2,1H3/t9-/m1/s1. The fourth-order valence-corrected chi connectivity index (χ4v) is 1.55. The molecule has 0 radical (unpaired) electrons. The maximum absolute atomic E-state index is 9.54. The minimum absolute atomic E-state index is 0.224. The molecule has 0 spiro atoms. The number of aliphatic hydroxyl groups excluding tert-OH is 1. The van der Waals surface area contributed by atoms with E-state index in [9.17, 15) is 5.11 Å². The van der Waals surface area contributed by atoms with Gasteiger partial charge in [-0.3, -0.25) is 0 Å². The molecule has 0 heterocycles. The molecule has 0 aromatic heterocycles. The summed E-state index contributed by atoms with van der Waals surface area (Å²) in [7, 11) is 1.52. The lowest BCUT2D eigenvalue weighted by Gasteiger charge is -2.11. The Morgan fingerprint density at radius 2 is 2.15 bits per heavy atom. The van der Waals surface area contributed by atoms with Gasteiger partial charge < -0.3 is 9.84 Å². The Morgan fingerprint density at radius 3 is 2.69 bits per heavy atom. The number of ether oxygens (including phenoxy) is 1. The fourth-order valence-electron chi connectivity index (χ4n) is 1.02. The minimum atomic E-state index is -0.699. The van der Waals surface area contributed by atoms with Gasteiger partial charge in [0.05, 0.1) is 6.61 Å². The van der Waals surface area contributed by atoms with Crippen molar-refractivity contribution in [2.24, 2.45) is 0 Å². The molecule has 1 rings (SSSR count). The van der Waals surface area contributed by atoms with Crippen LogP contribution in [0.25, 0.3) is 0 Å². The molecule has 1 atom stereocenters. The predicted molar refractivity (Wildman–Crippen MR) is 53.3 cm³/mol. The fraction of sp³-hybridized carbons (Fsp3) is 0.333. The topological polar surface area (TPSA) is 29.5 Å². The molecule has 0 aliphatic rings. The summed E-state index contributed by atoms with van der Waals surface area (Å²) in [4.78, 5) is 0. The van der Waals surface area contributed by atoms with Crippen LogP contribution in [0.3, 0.4) is 0 Å². The van der Waals surface area contributed by atoms with Gasteiger partial charge in [-0.15, -0.1) is 0 Å². The number of halogens is 2.